The zero-order valence-corrected chi connectivity index (χ0v) is 25.6. The van der Waals surface area contributed by atoms with E-state index >= 15 is 0 Å². The highest BCUT2D eigenvalue weighted by molar-refractivity contribution is 14.1. The highest BCUT2D eigenvalue weighted by atomic mass is 127. The van der Waals surface area contributed by atoms with Crippen LogP contribution in [0.3, 0.4) is 0 Å². The van der Waals surface area contributed by atoms with E-state index < -0.39 is 0 Å². The lowest BCUT2D eigenvalue weighted by Crippen LogP contribution is -2.27. The third-order valence-corrected chi connectivity index (χ3v) is 8.47. The van der Waals surface area contributed by atoms with Gasteiger partial charge in [-0.3, -0.25) is 9.69 Å². The molecule has 198 valence electrons. The molecule has 9 heteroatoms. The average Bonchev–Trinajstić information content (AvgIpc) is 3.20. The van der Waals surface area contributed by atoms with E-state index in [9.17, 15) is 4.79 Å². The van der Waals surface area contributed by atoms with Crippen LogP contribution in [0.25, 0.3) is 16.8 Å². The quantitative estimate of drug-likeness (QED) is 0.105. The number of halogens is 2. The number of rotatable bonds is 8. The molecule has 4 aromatic carbocycles. The molecule has 1 amide bonds. The number of anilines is 1. The van der Waals surface area contributed by atoms with Crippen LogP contribution in [0.5, 0.6) is 17.2 Å². The minimum absolute atomic E-state index is 0.213. The van der Waals surface area contributed by atoms with Crippen molar-refractivity contribution < 1.29 is 19.0 Å². The number of nitrogens with zero attached hydrogens (tertiary/aromatic N) is 1. The molecule has 1 heterocycles. The number of thiocarbonyl (C=S) groups is 1. The Morgan fingerprint density at radius 2 is 1.82 bits per heavy atom. The van der Waals surface area contributed by atoms with Crippen LogP contribution < -0.4 is 19.1 Å². The van der Waals surface area contributed by atoms with Crippen LogP contribution in [0, 0.1) is 3.57 Å². The summed E-state index contributed by atoms with van der Waals surface area (Å²) in [5.41, 5.74) is 2.50. The second kappa shape index (κ2) is 12.2. The summed E-state index contributed by atoms with van der Waals surface area (Å²) in [5.74, 6) is 1.61. The van der Waals surface area contributed by atoms with Crippen LogP contribution in [0.1, 0.15) is 18.1 Å². The van der Waals surface area contributed by atoms with Crippen molar-refractivity contribution in [3.05, 3.63) is 97.4 Å². The predicted molar refractivity (Wildman–Crippen MR) is 172 cm³/mol. The Morgan fingerprint density at radius 1 is 1.03 bits per heavy atom. The first-order chi connectivity index (χ1) is 18.9. The number of fused-ring (bicyclic) bond motifs is 1. The van der Waals surface area contributed by atoms with E-state index in [1.165, 1.54) is 22.0 Å². The number of amides is 1. The van der Waals surface area contributed by atoms with Gasteiger partial charge in [0.2, 0.25) is 0 Å². The Hall–Kier alpha value is -2.79. The van der Waals surface area contributed by atoms with Crippen molar-refractivity contribution in [2.75, 3.05) is 18.6 Å². The molecule has 5 rings (SSSR count). The highest BCUT2D eigenvalue weighted by Gasteiger charge is 2.33. The van der Waals surface area contributed by atoms with Gasteiger partial charge in [0.15, 0.2) is 15.8 Å². The van der Waals surface area contributed by atoms with E-state index in [2.05, 4.69) is 46.9 Å². The third kappa shape index (κ3) is 5.89. The van der Waals surface area contributed by atoms with Crippen molar-refractivity contribution in [3.63, 3.8) is 0 Å². The van der Waals surface area contributed by atoms with Gasteiger partial charge in [-0.1, -0.05) is 78.0 Å². The van der Waals surface area contributed by atoms with Gasteiger partial charge in [-0.25, -0.2) is 0 Å². The zero-order valence-electron chi connectivity index (χ0n) is 21.1. The van der Waals surface area contributed by atoms with E-state index in [0.29, 0.717) is 50.4 Å². The van der Waals surface area contributed by atoms with Crippen molar-refractivity contribution in [2.45, 2.75) is 13.5 Å². The number of thioether (sulfide) groups is 1. The number of hydrogen-bond donors (Lipinski definition) is 0. The number of hydrogen-bond acceptors (Lipinski definition) is 6. The topological polar surface area (TPSA) is 48.0 Å². The third-order valence-electron chi connectivity index (χ3n) is 6.07. The average molecular weight is 688 g/mol. The van der Waals surface area contributed by atoms with Gasteiger partial charge in [0.1, 0.15) is 12.4 Å². The van der Waals surface area contributed by atoms with E-state index in [1.54, 1.807) is 25.3 Å². The summed E-state index contributed by atoms with van der Waals surface area (Å²) in [5, 5.41) is 2.73. The van der Waals surface area contributed by atoms with Gasteiger partial charge in [-0.15, -0.1) is 0 Å². The minimum Gasteiger partial charge on any atom is -0.495 e. The molecule has 5 nitrogen and oxygen atoms in total. The van der Waals surface area contributed by atoms with E-state index in [1.807, 2.05) is 43.3 Å². The second-order valence-electron chi connectivity index (χ2n) is 8.53. The lowest BCUT2D eigenvalue weighted by Gasteiger charge is -2.16. The molecule has 0 bridgehead atoms. The van der Waals surface area contributed by atoms with Crippen molar-refractivity contribution in [1.29, 1.82) is 0 Å². The largest absolute Gasteiger partial charge is 0.495 e. The lowest BCUT2D eigenvalue weighted by molar-refractivity contribution is -0.113. The molecule has 0 radical (unpaired) electrons. The molecule has 1 aliphatic rings. The van der Waals surface area contributed by atoms with Crippen LogP contribution in [0.15, 0.2) is 77.7 Å². The number of benzene rings is 4. The molecule has 1 saturated heterocycles. The molecule has 0 spiro atoms. The van der Waals surface area contributed by atoms with Crippen LogP contribution in [0.2, 0.25) is 5.02 Å². The zero-order chi connectivity index (χ0) is 27.5. The molecule has 0 N–H and O–H groups in total. The first kappa shape index (κ1) is 27.8. The molecule has 1 aliphatic heterocycles. The Morgan fingerprint density at radius 3 is 2.59 bits per heavy atom. The summed E-state index contributed by atoms with van der Waals surface area (Å²) in [7, 11) is 1.54. The fourth-order valence-electron chi connectivity index (χ4n) is 4.28. The molecule has 0 aliphatic carbocycles. The SMILES string of the molecule is CCOc1cc(/C=C2/SC(=S)N(c3ccc(OC)c(Cl)c3)C2=O)cc(I)c1OCc1cccc2ccccc12. The van der Waals surface area contributed by atoms with E-state index in [0.717, 1.165) is 20.1 Å². The normalized spacial score (nSPS) is 14.4. The number of carbonyl (C=O) groups excluding carboxylic acids is 1. The monoisotopic (exact) mass is 687 g/mol. The van der Waals surface area contributed by atoms with Gasteiger partial charge >= 0.3 is 0 Å². The van der Waals surface area contributed by atoms with Crippen molar-refractivity contribution >= 4 is 90.9 Å². The van der Waals surface area contributed by atoms with Gasteiger partial charge in [-0.05, 0) is 87.8 Å². The molecule has 0 saturated carbocycles. The minimum atomic E-state index is -0.213. The summed E-state index contributed by atoms with van der Waals surface area (Å²) in [4.78, 5) is 15.3. The maximum atomic E-state index is 13.3. The lowest BCUT2D eigenvalue weighted by atomic mass is 10.1. The fourth-order valence-corrected chi connectivity index (χ4v) is 6.61. The van der Waals surface area contributed by atoms with Crippen LogP contribution >= 0.6 is 58.2 Å². The maximum absolute atomic E-state index is 13.3. The van der Waals surface area contributed by atoms with Gasteiger partial charge in [0.25, 0.3) is 5.91 Å². The van der Waals surface area contributed by atoms with Gasteiger partial charge in [0, 0.05) is 0 Å². The Balaban J connectivity index is 1.41. The summed E-state index contributed by atoms with van der Waals surface area (Å²) in [6.45, 7) is 2.81. The summed E-state index contributed by atoms with van der Waals surface area (Å²) >= 11 is 15.3. The van der Waals surface area contributed by atoms with Crippen molar-refractivity contribution in [3.8, 4) is 17.2 Å². The van der Waals surface area contributed by atoms with E-state index in [4.69, 9.17) is 38.0 Å². The first-order valence-electron chi connectivity index (χ1n) is 12.1. The fraction of sp³-hybridized carbons (Fsp3) is 0.133. The Kier molecular flexibility index (Phi) is 8.66. The highest BCUT2D eigenvalue weighted by Crippen LogP contribution is 2.40. The standard InChI is InChI=1S/C30H23ClINO4S2/c1-3-36-26-14-18(13-24(32)28(26)37-17-20-9-6-8-19-7-4-5-10-22(19)20)15-27-29(34)33(30(38)39-27)21-11-12-25(35-2)23(31)16-21/h4-16H,3,17H2,1-2H3/b27-15+. The molecular weight excluding hydrogens is 665 g/mol. The van der Waals surface area contributed by atoms with Crippen molar-refractivity contribution in [2.24, 2.45) is 0 Å². The summed E-state index contributed by atoms with van der Waals surface area (Å²) < 4.78 is 18.8. The maximum Gasteiger partial charge on any atom is 0.270 e. The molecule has 39 heavy (non-hydrogen) atoms. The Labute approximate surface area is 255 Å². The molecular formula is C30H23ClINO4S2. The Bertz CT molecular complexity index is 1620. The number of methoxy groups -OCH3 is 1. The molecule has 0 unspecified atom stereocenters. The van der Waals surface area contributed by atoms with E-state index in [-0.39, 0.29) is 5.91 Å². The second-order valence-corrected chi connectivity index (χ2v) is 11.8. The van der Waals surface area contributed by atoms with Crippen LogP contribution in [-0.4, -0.2) is 23.9 Å². The number of ether oxygens (including phenoxy) is 3. The predicted octanol–water partition coefficient (Wildman–Crippen LogP) is 8.49. The molecule has 0 atom stereocenters. The van der Waals surface area contributed by atoms with Gasteiger partial charge in [-0.2, -0.15) is 0 Å². The van der Waals surface area contributed by atoms with Crippen LogP contribution in [-0.2, 0) is 11.4 Å². The van der Waals surface area contributed by atoms with Gasteiger partial charge < -0.3 is 14.2 Å². The summed E-state index contributed by atoms with van der Waals surface area (Å²) in [6, 6.07) is 23.5. The summed E-state index contributed by atoms with van der Waals surface area (Å²) in [6.07, 6.45) is 1.82. The van der Waals surface area contributed by atoms with Crippen LogP contribution in [0.4, 0.5) is 5.69 Å². The first-order valence-corrected chi connectivity index (χ1v) is 14.7. The molecule has 4 aromatic rings. The van der Waals surface area contributed by atoms with Crippen molar-refractivity contribution in [1.82, 2.24) is 0 Å². The smallest absolute Gasteiger partial charge is 0.270 e. The number of carbonyl (C=O) groups is 1. The van der Waals surface area contributed by atoms with Gasteiger partial charge in [0.05, 0.1) is 32.9 Å². The molecule has 0 aromatic heterocycles. The molecule has 1 fully saturated rings.